The van der Waals surface area contributed by atoms with Gasteiger partial charge in [0.1, 0.15) is 0 Å². The number of hydrogen-bond acceptors (Lipinski definition) is 3. The first-order valence-electron chi connectivity index (χ1n) is 5.42. The summed E-state index contributed by atoms with van der Waals surface area (Å²) in [6.07, 6.45) is 3.32. The number of likely N-dealkylation sites (tertiary alicyclic amines) is 1. The Labute approximate surface area is 90.0 Å². The zero-order valence-electron chi connectivity index (χ0n) is 9.16. The van der Waals surface area contributed by atoms with E-state index in [0.29, 0.717) is 0 Å². The van der Waals surface area contributed by atoms with Crippen molar-refractivity contribution in [3.63, 3.8) is 0 Å². The number of nitrogens with two attached hydrogens (primary N) is 1. The highest BCUT2D eigenvalue weighted by atomic mass is 16.2. The molecule has 1 aliphatic rings. The lowest BCUT2D eigenvalue weighted by atomic mass is 10.1. The summed E-state index contributed by atoms with van der Waals surface area (Å²) in [5.41, 5.74) is 5.36. The van der Waals surface area contributed by atoms with Crippen molar-refractivity contribution in [3.8, 4) is 0 Å². The number of rotatable bonds is 3. The molecule has 2 amide bonds. The molecule has 1 rings (SSSR count). The van der Waals surface area contributed by atoms with Gasteiger partial charge in [-0.3, -0.25) is 9.59 Å². The van der Waals surface area contributed by atoms with Crippen LogP contribution in [0.4, 0.5) is 0 Å². The van der Waals surface area contributed by atoms with Gasteiger partial charge in [-0.05, 0) is 26.2 Å². The number of hydrogen-bond donors (Lipinski definition) is 2. The molecule has 0 saturated carbocycles. The van der Waals surface area contributed by atoms with Gasteiger partial charge in [-0.25, -0.2) is 0 Å². The minimum absolute atomic E-state index is 0.0105. The lowest BCUT2D eigenvalue weighted by Gasteiger charge is -2.26. The molecule has 1 atom stereocenters. The van der Waals surface area contributed by atoms with E-state index in [4.69, 9.17) is 5.73 Å². The van der Waals surface area contributed by atoms with Gasteiger partial charge < -0.3 is 16.0 Å². The maximum atomic E-state index is 11.6. The first-order valence-corrected chi connectivity index (χ1v) is 5.42. The van der Waals surface area contributed by atoms with Crippen LogP contribution >= 0.6 is 0 Å². The van der Waals surface area contributed by atoms with E-state index < -0.39 is 6.04 Å². The van der Waals surface area contributed by atoms with Crippen LogP contribution in [0.25, 0.3) is 0 Å². The lowest BCUT2D eigenvalue weighted by molar-refractivity contribution is -0.133. The van der Waals surface area contributed by atoms with E-state index in [-0.39, 0.29) is 18.4 Å². The predicted octanol–water partition coefficient (Wildman–Crippen LogP) is -0.538. The van der Waals surface area contributed by atoms with E-state index in [9.17, 15) is 9.59 Å². The molecule has 0 spiro atoms. The van der Waals surface area contributed by atoms with Gasteiger partial charge in [0.2, 0.25) is 11.8 Å². The molecule has 1 aliphatic heterocycles. The molecule has 0 radical (unpaired) electrons. The highest BCUT2D eigenvalue weighted by Gasteiger charge is 2.17. The predicted molar refractivity (Wildman–Crippen MR) is 57.1 cm³/mol. The van der Waals surface area contributed by atoms with Crippen molar-refractivity contribution in [3.05, 3.63) is 0 Å². The second-order valence-electron chi connectivity index (χ2n) is 3.95. The molecule has 3 N–H and O–H groups in total. The Kier molecular flexibility index (Phi) is 4.55. The molecule has 5 nitrogen and oxygen atoms in total. The average Bonchev–Trinajstić information content (AvgIpc) is 2.26. The minimum atomic E-state index is -0.556. The SMILES string of the molecule is C[C@@H](N)C(=O)NCC(=O)N1CCCCC1. The standard InChI is InChI=1S/C10H19N3O2/c1-8(11)10(15)12-7-9(14)13-5-3-2-4-6-13/h8H,2-7,11H2,1H3,(H,12,15)/t8-/m1/s1. The molecular formula is C10H19N3O2. The lowest BCUT2D eigenvalue weighted by Crippen LogP contribution is -2.46. The van der Waals surface area contributed by atoms with Crippen LogP contribution in [0.2, 0.25) is 0 Å². The molecule has 5 heteroatoms. The molecule has 0 unspecified atom stereocenters. The summed E-state index contributed by atoms with van der Waals surface area (Å²) >= 11 is 0. The van der Waals surface area contributed by atoms with E-state index in [0.717, 1.165) is 25.9 Å². The van der Waals surface area contributed by atoms with Gasteiger partial charge in [0.05, 0.1) is 12.6 Å². The highest BCUT2D eigenvalue weighted by molar-refractivity contribution is 5.87. The third-order valence-electron chi connectivity index (χ3n) is 2.54. The summed E-state index contributed by atoms with van der Waals surface area (Å²) in [6, 6.07) is -0.556. The van der Waals surface area contributed by atoms with Gasteiger partial charge in [0.15, 0.2) is 0 Å². The zero-order chi connectivity index (χ0) is 11.3. The Hall–Kier alpha value is -1.10. The van der Waals surface area contributed by atoms with Gasteiger partial charge in [-0.15, -0.1) is 0 Å². The number of nitrogens with zero attached hydrogens (tertiary/aromatic N) is 1. The summed E-state index contributed by atoms with van der Waals surface area (Å²) in [4.78, 5) is 24.5. The fourth-order valence-corrected chi connectivity index (χ4v) is 1.58. The van der Waals surface area contributed by atoms with Gasteiger partial charge in [0, 0.05) is 13.1 Å². The molecule has 0 aromatic rings. The van der Waals surface area contributed by atoms with Crippen molar-refractivity contribution in [2.75, 3.05) is 19.6 Å². The molecule has 15 heavy (non-hydrogen) atoms. The number of carbonyl (C=O) groups is 2. The quantitative estimate of drug-likeness (QED) is 0.661. The first kappa shape index (κ1) is 12.0. The fourth-order valence-electron chi connectivity index (χ4n) is 1.58. The molecule has 0 aromatic heterocycles. The Morgan fingerprint density at radius 3 is 2.47 bits per heavy atom. The fraction of sp³-hybridized carbons (Fsp3) is 0.800. The monoisotopic (exact) mass is 213 g/mol. The summed E-state index contributed by atoms with van der Waals surface area (Å²) in [7, 11) is 0. The Morgan fingerprint density at radius 2 is 1.93 bits per heavy atom. The van der Waals surface area contributed by atoms with Crippen LogP contribution in [-0.2, 0) is 9.59 Å². The van der Waals surface area contributed by atoms with Crippen molar-refractivity contribution in [2.45, 2.75) is 32.2 Å². The Morgan fingerprint density at radius 1 is 1.33 bits per heavy atom. The normalized spacial score (nSPS) is 18.4. The van der Waals surface area contributed by atoms with Gasteiger partial charge in [-0.2, -0.15) is 0 Å². The smallest absolute Gasteiger partial charge is 0.241 e. The average molecular weight is 213 g/mol. The van der Waals surface area contributed by atoms with E-state index in [1.807, 2.05) is 0 Å². The summed E-state index contributed by atoms with van der Waals surface area (Å²) in [5.74, 6) is -0.288. The molecule has 1 heterocycles. The van der Waals surface area contributed by atoms with Gasteiger partial charge in [-0.1, -0.05) is 0 Å². The summed E-state index contributed by atoms with van der Waals surface area (Å²) in [6.45, 7) is 3.29. The maximum absolute atomic E-state index is 11.6. The molecule has 1 fully saturated rings. The number of amides is 2. The van der Waals surface area contributed by atoms with Gasteiger partial charge in [0.25, 0.3) is 0 Å². The maximum Gasteiger partial charge on any atom is 0.241 e. The topological polar surface area (TPSA) is 75.4 Å². The number of carbonyl (C=O) groups excluding carboxylic acids is 2. The van der Waals surface area contributed by atoms with Crippen LogP contribution in [-0.4, -0.2) is 42.4 Å². The van der Waals surface area contributed by atoms with Crippen molar-refractivity contribution in [1.82, 2.24) is 10.2 Å². The summed E-state index contributed by atoms with van der Waals surface area (Å²) in [5, 5.41) is 2.52. The van der Waals surface area contributed by atoms with Crippen LogP contribution in [0, 0.1) is 0 Å². The molecule has 1 saturated heterocycles. The molecule has 86 valence electrons. The van der Waals surface area contributed by atoms with Crippen molar-refractivity contribution in [1.29, 1.82) is 0 Å². The van der Waals surface area contributed by atoms with Crippen LogP contribution in [0.1, 0.15) is 26.2 Å². The Balaban J connectivity index is 2.26. The summed E-state index contributed by atoms with van der Waals surface area (Å²) < 4.78 is 0. The molecular weight excluding hydrogens is 194 g/mol. The van der Waals surface area contributed by atoms with E-state index >= 15 is 0 Å². The van der Waals surface area contributed by atoms with Crippen LogP contribution in [0.5, 0.6) is 0 Å². The van der Waals surface area contributed by atoms with Crippen molar-refractivity contribution in [2.24, 2.45) is 5.73 Å². The van der Waals surface area contributed by atoms with Crippen LogP contribution < -0.4 is 11.1 Å². The largest absolute Gasteiger partial charge is 0.346 e. The Bertz CT molecular complexity index is 235. The second kappa shape index (κ2) is 5.70. The van der Waals surface area contributed by atoms with E-state index in [2.05, 4.69) is 5.32 Å². The van der Waals surface area contributed by atoms with E-state index in [1.165, 1.54) is 6.42 Å². The van der Waals surface area contributed by atoms with E-state index in [1.54, 1.807) is 11.8 Å². The number of nitrogens with one attached hydrogen (secondary N) is 1. The molecule has 0 aliphatic carbocycles. The van der Waals surface area contributed by atoms with Gasteiger partial charge >= 0.3 is 0 Å². The van der Waals surface area contributed by atoms with Crippen LogP contribution in [0.15, 0.2) is 0 Å². The van der Waals surface area contributed by atoms with Crippen LogP contribution in [0.3, 0.4) is 0 Å². The second-order valence-corrected chi connectivity index (χ2v) is 3.95. The third kappa shape index (κ3) is 3.87. The first-order chi connectivity index (χ1) is 7.11. The molecule has 0 bridgehead atoms. The van der Waals surface area contributed by atoms with Crippen molar-refractivity contribution >= 4 is 11.8 Å². The molecule has 0 aromatic carbocycles. The highest BCUT2D eigenvalue weighted by Crippen LogP contribution is 2.08. The zero-order valence-corrected chi connectivity index (χ0v) is 9.16. The minimum Gasteiger partial charge on any atom is -0.346 e. The number of piperidine rings is 1. The van der Waals surface area contributed by atoms with Crippen molar-refractivity contribution < 1.29 is 9.59 Å². The third-order valence-corrected chi connectivity index (χ3v) is 2.54.